The Morgan fingerprint density at radius 1 is 1.25 bits per heavy atom. The number of nitrogen functional groups attached to an aromatic ring is 1. The fraction of sp³-hybridized carbons (Fsp3) is 0.615. The van der Waals surface area contributed by atoms with Crippen molar-refractivity contribution in [3.8, 4) is 5.88 Å². The third-order valence-electron chi connectivity index (χ3n) is 4.57. The third-order valence-corrected chi connectivity index (χ3v) is 4.57. The maximum atomic E-state index is 6.15. The van der Waals surface area contributed by atoms with Crippen LogP contribution in [-0.2, 0) is 0 Å². The molecule has 2 aliphatic heterocycles. The van der Waals surface area contributed by atoms with Crippen molar-refractivity contribution in [1.29, 1.82) is 0 Å². The molecule has 4 rings (SSSR count). The fourth-order valence-electron chi connectivity index (χ4n) is 3.74. The van der Waals surface area contributed by atoms with Crippen molar-refractivity contribution in [2.75, 3.05) is 25.9 Å². The van der Waals surface area contributed by atoms with E-state index in [0.29, 0.717) is 29.4 Å². The van der Waals surface area contributed by atoms with Crippen LogP contribution in [0.3, 0.4) is 0 Å². The van der Waals surface area contributed by atoms with Crippen LogP contribution in [0.15, 0.2) is 6.33 Å². The van der Waals surface area contributed by atoms with E-state index in [1.807, 2.05) is 0 Å². The van der Waals surface area contributed by atoms with Gasteiger partial charge in [0.2, 0.25) is 11.8 Å². The molecule has 2 saturated heterocycles. The number of hydrogen-bond donors (Lipinski definition) is 1. The highest BCUT2D eigenvalue weighted by Gasteiger charge is 2.39. The number of imidazole rings is 1. The molecular formula is C13H18N6O. The summed E-state index contributed by atoms with van der Waals surface area (Å²) in [7, 11) is 1.59. The fourth-order valence-corrected chi connectivity index (χ4v) is 3.74. The number of ether oxygens (including phenoxy) is 1. The van der Waals surface area contributed by atoms with Gasteiger partial charge in [0.15, 0.2) is 11.2 Å². The minimum absolute atomic E-state index is 0.363. The predicted molar refractivity (Wildman–Crippen MR) is 74.5 cm³/mol. The highest BCUT2D eigenvalue weighted by molar-refractivity contribution is 5.79. The number of hydrogen-bond acceptors (Lipinski definition) is 6. The lowest BCUT2D eigenvalue weighted by molar-refractivity contribution is 0.293. The van der Waals surface area contributed by atoms with Gasteiger partial charge in [0.1, 0.15) is 6.33 Å². The van der Waals surface area contributed by atoms with Crippen molar-refractivity contribution < 1.29 is 4.74 Å². The van der Waals surface area contributed by atoms with Gasteiger partial charge in [-0.15, -0.1) is 0 Å². The number of aromatic nitrogens is 4. The molecule has 7 nitrogen and oxygen atoms in total. The lowest BCUT2D eigenvalue weighted by atomic mass is 10.1. The average Bonchev–Trinajstić information content (AvgIpc) is 3.11. The second-order valence-electron chi connectivity index (χ2n) is 5.50. The van der Waals surface area contributed by atoms with Gasteiger partial charge in [-0.3, -0.25) is 9.47 Å². The van der Waals surface area contributed by atoms with E-state index in [1.165, 1.54) is 25.7 Å². The Kier molecular flexibility index (Phi) is 2.56. The summed E-state index contributed by atoms with van der Waals surface area (Å²) < 4.78 is 7.33. The van der Waals surface area contributed by atoms with Gasteiger partial charge in [-0.1, -0.05) is 0 Å². The molecule has 2 atom stereocenters. The van der Waals surface area contributed by atoms with E-state index >= 15 is 0 Å². The van der Waals surface area contributed by atoms with Crippen LogP contribution >= 0.6 is 0 Å². The molecule has 106 valence electrons. The lowest BCUT2D eigenvalue weighted by Crippen LogP contribution is -2.28. The second-order valence-corrected chi connectivity index (χ2v) is 5.50. The molecule has 4 heterocycles. The van der Waals surface area contributed by atoms with Crippen LogP contribution < -0.4 is 10.5 Å². The summed E-state index contributed by atoms with van der Waals surface area (Å²) in [5.74, 6) is 0.999. The molecule has 0 spiro atoms. The first-order valence-corrected chi connectivity index (χ1v) is 7.06. The van der Waals surface area contributed by atoms with Crippen molar-refractivity contribution in [3.05, 3.63) is 6.33 Å². The summed E-state index contributed by atoms with van der Waals surface area (Å²) in [6.45, 7) is 2.34. The molecule has 0 radical (unpaired) electrons. The number of nitrogens with zero attached hydrogens (tertiary/aromatic N) is 5. The van der Waals surface area contributed by atoms with Crippen molar-refractivity contribution in [2.45, 2.75) is 31.3 Å². The molecule has 0 amide bonds. The van der Waals surface area contributed by atoms with Crippen molar-refractivity contribution >= 4 is 17.1 Å². The zero-order chi connectivity index (χ0) is 13.7. The summed E-state index contributed by atoms with van der Waals surface area (Å²) in [6, 6.07) is 0.928. The van der Waals surface area contributed by atoms with Crippen molar-refractivity contribution in [3.63, 3.8) is 0 Å². The molecule has 0 aliphatic carbocycles. The van der Waals surface area contributed by atoms with Gasteiger partial charge in [0.05, 0.1) is 13.2 Å². The summed E-state index contributed by atoms with van der Waals surface area (Å²) in [4.78, 5) is 15.4. The Hall–Kier alpha value is -1.89. The largest absolute Gasteiger partial charge is 0.479 e. The molecular weight excluding hydrogens is 256 g/mol. The molecule has 20 heavy (non-hydrogen) atoms. The highest BCUT2D eigenvalue weighted by Crippen LogP contribution is 2.39. The minimum atomic E-state index is 0.363. The molecule has 0 aromatic carbocycles. The molecule has 2 aromatic rings. The van der Waals surface area contributed by atoms with Gasteiger partial charge in [-0.2, -0.15) is 4.98 Å². The van der Waals surface area contributed by atoms with Crippen molar-refractivity contribution in [2.24, 2.45) is 0 Å². The normalized spacial score (nSPS) is 26.2. The van der Waals surface area contributed by atoms with Gasteiger partial charge >= 0.3 is 0 Å². The van der Waals surface area contributed by atoms with E-state index in [0.717, 1.165) is 18.6 Å². The molecule has 2 fully saturated rings. The Bertz CT molecular complexity index is 654. The number of anilines is 1. The van der Waals surface area contributed by atoms with Gasteiger partial charge in [0, 0.05) is 12.6 Å². The first kappa shape index (κ1) is 11.9. The van der Waals surface area contributed by atoms with Crippen LogP contribution in [-0.4, -0.2) is 50.7 Å². The molecule has 2 aliphatic rings. The van der Waals surface area contributed by atoms with E-state index in [2.05, 4.69) is 24.4 Å². The van der Waals surface area contributed by atoms with E-state index < -0.39 is 0 Å². The molecule has 7 heteroatoms. The lowest BCUT2D eigenvalue weighted by Gasteiger charge is -2.22. The monoisotopic (exact) mass is 274 g/mol. The zero-order valence-corrected chi connectivity index (χ0v) is 11.5. The van der Waals surface area contributed by atoms with Crippen LogP contribution in [0.1, 0.15) is 25.3 Å². The van der Waals surface area contributed by atoms with Crippen LogP contribution in [0.25, 0.3) is 11.2 Å². The predicted octanol–water partition coefficient (Wildman–Crippen LogP) is 0.826. The van der Waals surface area contributed by atoms with E-state index in [9.17, 15) is 0 Å². The highest BCUT2D eigenvalue weighted by atomic mass is 16.5. The van der Waals surface area contributed by atoms with Gasteiger partial charge in [0.25, 0.3) is 0 Å². The number of methoxy groups -OCH3 is 1. The van der Waals surface area contributed by atoms with Crippen LogP contribution in [0.4, 0.5) is 5.95 Å². The van der Waals surface area contributed by atoms with Gasteiger partial charge in [-0.05, 0) is 25.8 Å². The molecule has 2 aromatic heterocycles. The van der Waals surface area contributed by atoms with Gasteiger partial charge in [-0.25, -0.2) is 9.97 Å². The molecule has 2 unspecified atom stereocenters. The second kappa shape index (κ2) is 4.31. The number of fused-ring (bicyclic) bond motifs is 2. The summed E-state index contributed by atoms with van der Waals surface area (Å²) in [6.07, 6.45) is 5.12. The maximum Gasteiger partial charge on any atom is 0.245 e. The molecule has 0 saturated carbocycles. The Balaban J connectivity index is 1.85. The Morgan fingerprint density at radius 3 is 3.00 bits per heavy atom. The number of rotatable bonds is 2. The maximum absolute atomic E-state index is 6.15. The first-order valence-electron chi connectivity index (χ1n) is 7.06. The third kappa shape index (κ3) is 1.53. The quantitative estimate of drug-likeness (QED) is 0.873. The SMILES string of the molecule is COc1ncnc2c1nc(N)n2C1CCN2CCCC12. The van der Waals surface area contributed by atoms with E-state index in [1.54, 1.807) is 7.11 Å². The summed E-state index contributed by atoms with van der Waals surface area (Å²) in [5.41, 5.74) is 7.59. The van der Waals surface area contributed by atoms with Crippen molar-refractivity contribution in [1.82, 2.24) is 24.4 Å². The van der Waals surface area contributed by atoms with Crippen LogP contribution in [0, 0.1) is 0 Å². The topological polar surface area (TPSA) is 82.1 Å². The smallest absolute Gasteiger partial charge is 0.245 e. The molecule has 0 bridgehead atoms. The Labute approximate surface area is 116 Å². The number of nitrogens with two attached hydrogens (primary N) is 1. The molecule has 2 N–H and O–H groups in total. The summed E-state index contributed by atoms with van der Waals surface area (Å²) in [5, 5.41) is 0. The van der Waals surface area contributed by atoms with Gasteiger partial charge < -0.3 is 10.5 Å². The van der Waals surface area contributed by atoms with E-state index in [4.69, 9.17) is 10.5 Å². The summed E-state index contributed by atoms with van der Waals surface area (Å²) >= 11 is 0. The Morgan fingerprint density at radius 2 is 2.15 bits per heavy atom. The first-order chi connectivity index (χ1) is 9.79. The van der Waals surface area contributed by atoms with Crippen LogP contribution in [0.2, 0.25) is 0 Å². The average molecular weight is 274 g/mol. The van der Waals surface area contributed by atoms with E-state index in [-0.39, 0.29) is 0 Å². The zero-order valence-electron chi connectivity index (χ0n) is 11.5. The van der Waals surface area contributed by atoms with Crippen LogP contribution in [0.5, 0.6) is 5.88 Å². The minimum Gasteiger partial charge on any atom is -0.479 e. The standard InChI is InChI=1S/C13H18N6O/c1-20-12-10-11(15-7-16-12)19(13(14)17-10)9-4-6-18-5-2-3-8(9)18/h7-9H,2-6H2,1H3,(H2,14,17).